The van der Waals surface area contributed by atoms with Crippen LogP contribution in [0.1, 0.15) is 46.2 Å². The molecule has 0 aliphatic carbocycles. The van der Waals surface area contributed by atoms with Crippen molar-refractivity contribution in [2.24, 2.45) is 0 Å². The molecule has 0 aromatic carbocycles. The van der Waals surface area contributed by atoms with Crippen LogP contribution in [-0.4, -0.2) is 36.3 Å². The number of carbonyl (C=O) groups excluding carboxylic acids is 1. The average molecular weight is 312 g/mol. The van der Waals surface area contributed by atoms with E-state index >= 15 is 0 Å². The minimum atomic E-state index is -0.726. The Morgan fingerprint density at radius 2 is 2.38 bits per heavy atom. The summed E-state index contributed by atoms with van der Waals surface area (Å²) in [6.45, 7) is 9.53. The zero-order chi connectivity index (χ0) is 15.5. The van der Waals surface area contributed by atoms with Crippen LogP contribution in [0.3, 0.4) is 0 Å². The Morgan fingerprint density at radius 3 is 3.00 bits per heavy atom. The van der Waals surface area contributed by atoms with Gasteiger partial charge in [0, 0.05) is 12.0 Å². The average Bonchev–Trinajstić information content (AvgIpc) is 2.88. The Balaban J connectivity index is 2.08. The van der Waals surface area contributed by atoms with E-state index in [0.717, 1.165) is 30.3 Å². The van der Waals surface area contributed by atoms with Crippen LogP contribution in [0, 0.1) is 0 Å². The van der Waals surface area contributed by atoms with Crippen molar-refractivity contribution in [3.8, 4) is 0 Å². The molecule has 1 aliphatic heterocycles. The Labute approximate surface area is 130 Å². The van der Waals surface area contributed by atoms with Gasteiger partial charge in [0.15, 0.2) is 5.13 Å². The summed E-state index contributed by atoms with van der Waals surface area (Å²) in [5.41, 5.74) is -0.0634. The van der Waals surface area contributed by atoms with E-state index in [0.29, 0.717) is 13.2 Å². The van der Waals surface area contributed by atoms with E-state index in [1.54, 1.807) is 0 Å². The number of thiazole rings is 1. The lowest BCUT2D eigenvalue weighted by Gasteiger charge is -2.34. The molecule has 1 aromatic rings. The van der Waals surface area contributed by atoms with Crippen molar-refractivity contribution in [3.63, 3.8) is 0 Å². The van der Waals surface area contributed by atoms with Crippen LogP contribution < -0.4 is 5.32 Å². The monoisotopic (exact) mass is 312 g/mol. The predicted octanol–water partition coefficient (Wildman–Crippen LogP) is 2.96. The minimum absolute atomic E-state index is 0.0819. The highest BCUT2D eigenvalue weighted by molar-refractivity contribution is 7.13. The second-order valence-corrected chi connectivity index (χ2v) is 7.08. The molecular weight excluding hydrogens is 288 g/mol. The number of carbonyl (C=O) groups is 1. The molecule has 0 radical (unpaired) electrons. The van der Waals surface area contributed by atoms with Gasteiger partial charge in [-0.2, -0.15) is 0 Å². The number of hydrogen-bond acceptors (Lipinski definition) is 6. The van der Waals surface area contributed by atoms with E-state index < -0.39 is 5.41 Å². The van der Waals surface area contributed by atoms with Crippen molar-refractivity contribution in [3.05, 3.63) is 11.1 Å². The van der Waals surface area contributed by atoms with Crippen LogP contribution in [0.15, 0.2) is 5.38 Å². The number of rotatable bonds is 5. The molecule has 0 bridgehead atoms. The Kier molecular flexibility index (Phi) is 4.88. The summed E-state index contributed by atoms with van der Waals surface area (Å²) >= 11 is 1.52. The van der Waals surface area contributed by atoms with E-state index in [1.165, 1.54) is 11.3 Å². The van der Waals surface area contributed by atoms with Crippen molar-refractivity contribution in [1.29, 1.82) is 0 Å². The SMILES string of the molecule is CCOC(=O)C(C)(C)c1csc(NC2(C)CCCOC2)n1. The standard InChI is InChI=1S/C15H24N2O3S/c1-5-20-12(18)14(2,3)11-9-21-13(16-11)17-15(4)7-6-8-19-10-15/h9H,5-8,10H2,1-4H3,(H,16,17). The van der Waals surface area contributed by atoms with Gasteiger partial charge in [0.1, 0.15) is 5.41 Å². The van der Waals surface area contributed by atoms with Crippen LogP contribution >= 0.6 is 11.3 Å². The molecule has 1 fully saturated rings. The summed E-state index contributed by atoms with van der Waals surface area (Å²) in [5, 5.41) is 6.20. The van der Waals surface area contributed by atoms with Gasteiger partial charge in [-0.05, 0) is 40.5 Å². The molecule has 6 heteroatoms. The molecule has 0 saturated carbocycles. The lowest BCUT2D eigenvalue weighted by atomic mass is 9.90. The smallest absolute Gasteiger partial charge is 0.317 e. The fraction of sp³-hybridized carbons (Fsp3) is 0.733. The summed E-state index contributed by atoms with van der Waals surface area (Å²) in [6, 6.07) is 0. The molecular formula is C15H24N2O3S. The van der Waals surface area contributed by atoms with Crippen molar-refractivity contribution in [1.82, 2.24) is 4.98 Å². The van der Waals surface area contributed by atoms with Gasteiger partial charge in [-0.1, -0.05) is 0 Å². The van der Waals surface area contributed by atoms with Crippen molar-refractivity contribution < 1.29 is 14.3 Å². The molecule has 0 amide bonds. The first-order valence-electron chi connectivity index (χ1n) is 7.36. The van der Waals surface area contributed by atoms with E-state index in [2.05, 4.69) is 17.2 Å². The maximum absolute atomic E-state index is 12.0. The highest BCUT2D eigenvalue weighted by Crippen LogP contribution is 2.31. The maximum atomic E-state index is 12.0. The fourth-order valence-corrected chi connectivity index (χ4v) is 3.35. The molecule has 0 spiro atoms. The second kappa shape index (κ2) is 6.32. The van der Waals surface area contributed by atoms with Gasteiger partial charge in [-0.15, -0.1) is 11.3 Å². The molecule has 5 nitrogen and oxygen atoms in total. The predicted molar refractivity (Wildman–Crippen MR) is 83.9 cm³/mol. The highest BCUT2D eigenvalue weighted by atomic mass is 32.1. The van der Waals surface area contributed by atoms with E-state index in [4.69, 9.17) is 9.47 Å². The third kappa shape index (κ3) is 3.74. The first kappa shape index (κ1) is 16.2. The van der Waals surface area contributed by atoms with Gasteiger partial charge in [0.05, 0.1) is 24.4 Å². The Hall–Kier alpha value is -1.14. The zero-order valence-electron chi connectivity index (χ0n) is 13.2. The van der Waals surface area contributed by atoms with Crippen molar-refractivity contribution in [2.45, 2.75) is 51.5 Å². The van der Waals surface area contributed by atoms with Crippen molar-refractivity contribution in [2.75, 3.05) is 25.1 Å². The number of hydrogen-bond donors (Lipinski definition) is 1. The molecule has 1 unspecified atom stereocenters. The quantitative estimate of drug-likeness (QED) is 0.847. The van der Waals surface area contributed by atoms with E-state index in [1.807, 2.05) is 26.2 Å². The number of nitrogens with one attached hydrogen (secondary N) is 1. The summed E-state index contributed by atoms with van der Waals surface area (Å²) in [5.74, 6) is -0.242. The molecule has 1 saturated heterocycles. The first-order chi connectivity index (χ1) is 9.87. The third-order valence-electron chi connectivity index (χ3n) is 3.78. The molecule has 2 heterocycles. The molecule has 1 aromatic heterocycles. The summed E-state index contributed by atoms with van der Waals surface area (Å²) in [6.07, 6.45) is 2.11. The molecule has 2 rings (SSSR count). The van der Waals surface area contributed by atoms with Crippen LogP contribution in [0.5, 0.6) is 0 Å². The normalized spacial score (nSPS) is 22.9. The molecule has 1 atom stereocenters. The third-order valence-corrected chi connectivity index (χ3v) is 4.53. The van der Waals surface area contributed by atoms with Gasteiger partial charge >= 0.3 is 5.97 Å². The number of aromatic nitrogens is 1. The zero-order valence-corrected chi connectivity index (χ0v) is 14.0. The Bertz CT molecular complexity index is 493. The highest BCUT2D eigenvalue weighted by Gasteiger charge is 2.35. The number of ether oxygens (including phenoxy) is 2. The number of anilines is 1. The van der Waals surface area contributed by atoms with Gasteiger partial charge < -0.3 is 14.8 Å². The minimum Gasteiger partial charge on any atom is -0.465 e. The fourth-order valence-electron chi connectivity index (χ4n) is 2.33. The van der Waals surface area contributed by atoms with Gasteiger partial charge in [0.25, 0.3) is 0 Å². The summed E-state index contributed by atoms with van der Waals surface area (Å²) in [4.78, 5) is 16.6. The second-order valence-electron chi connectivity index (χ2n) is 6.23. The summed E-state index contributed by atoms with van der Waals surface area (Å²) < 4.78 is 10.7. The van der Waals surface area contributed by atoms with Crippen LogP contribution in [0.2, 0.25) is 0 Å². The molecule has 118 valence electrons. The van der Waals surface area contributed by atoms with Gasteiger partial charge in [0.2, 0.25) is 0 Å². The summed E-state index contributed by atoms with van der Waals surface area (Å²) in [7, 11) is 0. The topological polar surface area (TPSA) is 60.5 Å². The van der Waals surface area contributed by atoms with E-state index in [9.17, 15) is 4.79 Å². The van der Waals surface area contributed by atoms with Crippen molar-refractivity contribution >= 4 is 22.4 Å². The molecule has 21 heavy (non-hydrogen) atoms. The number of esters is 1. The largest absolute Gasteiger partial charge is 0.465 e. The van der Waals surface area contributed by atoms with Crippen LogP contribution in [0.25, 0.3) is 0 Å². The lowest BCUT2D eigenvalue weighted by molar-refractivity contribution is -0.148. The molecule has 1 N–H and O–H groups in total. The number of nitrogens with zero attached hydrogens (tertiary/aromatic N) is 1. The Morgan fingerprint density at radius 1 is 1.62 bits per heavy atom. The van der Waals surface area contributed by atoms with Gasteiger partial charge in [-0.25, -0.2) is 4.98 Å². The molecule has 1 aliphatic rings. The van der Waals surface area contributed by atoms with Crippen LogP contribution in [0.4, 0.5) is 5.13 Å². The van der Waals surface area contributed by atoms with Gasteiger partial charge in [-0.3, -0.25) is 4.79 Å². The first-order valence-corrected chi connectivity index (χ1v) is 8.24. The lowest BCUT2D eigenvalue weighted by Crippen LogP contribution is -2.43. The van der Waals surface area contributed by atoms with Crippen LogP contribution in [-0.2, 0) is 19.7 Å². The van der Waals surface area contributed by atoms with E-state index in [-0.39, 0.29) is 11.5 Å². The maximum Gasteiger partial charge on any atom is 0.317 e.